The summed E-state index contributed by atoms with van der Waals surface area (Å²) in [4.78, 5) is 0. The van der Waals surface area contributed by atoms with Crippen molar-refractivity contribution in [3.8, 4) is 44.5 Å². The van der Waals surface area contributed by atoms with Gasteiger partial charge in [-0.3, -0.25) is 0 Å². The quantitative estimate of drug-likeness (QED) is 0.123. The fourth-order valence-corrected chi connectivity index (χ4v) is 12.0. The van der Waals surface area contributed by atoms with Gasteiger partial charge >= 0.3 is 338 Å². The Bertz CT molecular complexity index is 3450. The molecule has 0 fully saturated rings. The number of hydrogen-bond acceptors (Lipinski definition) is 0. The first-order valence-electron chi connectivity index (χ1n) is 19.7. The molecule has 0 aliphatic heterocycles. The Morgan fingerprint density at radius 1 is 0.246 bits per heavy atom. The summed E-state index contributed by atoms with van der Waals surface area (Å²) in [5.41, 5.74) is 10.3. The third-order valence-electron chi connectivity index (χ3n) is 12.0. The van der Waals surface area contributed by atoms with Crippen LogP contribution >= 0.6 is 0 Å². The molecule has 0 saturated carbocycles. The summed E-state index contributed by atoms with van der Waals surface area (Å²) in [6, 6.07) is 76.9. The Kier molecular flexibility index (Phi) is 7.35. The van der Waals surface area contributed by atoms with E-state index >= 15 is 0 Å². The van der Waals surface area contributed by atoms with Gasteiger partial charge in [0.1, 0.15) is 0 Å². The van der Waals surface area contributed by atoms with Crippen LogP contribution in [-0.4, -0.2) is 14.5 Å². The molecule has 0 radical (unpaired) electrons. The van der Waals surface area contributed by atoms with Gasteiger partial charge in [0.25, 0.3) is 0 Å². The van der Waals surface area contributed by atoms with E-state index in [2.05, 4.69) is 206 Å². The second-order valence-corrected chi connectivity index (χ2v) is 17.3. The van der Waals surface area contributed by atoms with Crippen molar-refractivity contribution in [3.63, 3.8) is 0 Å². The summed E-state index contributed by atoms with van der Waals surface area (Å²) in [6.07, 6.45) is 0. The zero-order valence-electron chi connectivity index (χ0n) is 31.0. The van der Waals surface area contributed by atoms with E-state index in [-0.39, 0.29) is 14.5 Å². The van der Waals surface area contributed by atoms with Crippen molar-refractivity contribution in [3.05, 3.63) is 206 Å². The van der Waals surface area contributed by atoms with E-state index in [0.717, 1.165) is 0 Å². The van der Waals surface area contributed by atoms with Gasteiger partial charge in [0.05, 0.1) is 0 Å². The molecule has 1 heterocycles. The Morgan fingerprint density at radius 2 is 0.684 bits per heavy atom. The van der Waals surface area contributed by atoms with Gasteiger partial charge < -0.3 is 0 Å². The summed E-state index contributed by atoms with van der Waals surface area (Å²) >= 11 is 0.203. The third-order valence-corrected chi connectivity index (χ3v) is 14.4. The molecule has 1 aromatic heterocycles. The second kappa shape index (κ2) is 12.9. The van der Waals surface area contributed by atoms with E-state index in [4.69, 9.17) is 0 Å². The molecular weight excluding hydrogens is 752 g/mol. The molecule has 12 rings (SSSR count). The van der Waals surface area contributed by atoms with Crippen LogP contribution in [-0.2, 0) is 0 Å². The molecular formula is C56H34Se. The SMILES string of the molecule is c1ccc(-c2c3ccccc3c(-c3ccc4[se]c5cccc(-c6c7ccccc7c(-c7cccc8ccccc78)c7ccccc67)c5c4c3)c3ccccc23)cc1. The molecule has 11 aromatic carbocycles. The second-order valence-electron chi connectivity index (χ2n) is 15.1. The van der Waals surface area contributed by atoms with Crippen molar-refractivity contribution >= 4 is 87.7 Å². The fraction of sp³-hybridized carbons (Fsp3) is 0. The van der Waals surface area contributed by atoms with E-state index < -0.39 is 0 Å². The van der Waals surface area contributed by atoms with Gasteiger partial charge in [0, 0.05) is 0 Å². The fourth-order valence-electron chi connectivity index (χ4n) is 9.70. The van der Waals surface area contributed by atoms with Crippen LogP contribution in [0.15, 0.2) is 206 Å². The standard InChI is InChI=1S/C56H34Se/c1-2-17-36(18-3-1)52-40-21-6-8-23-42(40)53(43-24-9-7-22-41(43)52)37-32-33-50-49(34-37)56-48(30-15-31-51(56)57-50)55-46-27-12-10-25-44(46)54(45-26-11-13-28-47(45)55)39-29-14-19-35-16-4-5-20-38(35)39/h1-34H. The molecule has 0 aliphatic carbocycles. The Morgan fingerprint density at radius 3 is 1.28 bits per heavy atom. The van der Waals surface area contributed by atoms with E-state index in [1.807, 2.05) is 0 Å². The summed E-state index contributed by atoms with van der Waals surface area (Å²) in [6.45, 7) is 0. The number of fused-ring (bicyclic) bond motifs is 8. The average molecular weight is 786 g/mol. The third kappa shape index (κ3) is 4.93. The number of hydrogen-bond donors (Lipinski definition) is 0. The predicted octanol–water partition coefficient (Wildman–Crippen LogP) is 15.5. The first-order chi connectivity index (χ1) is 28.3. The minimum absolute atomic E-state index is 0.203. The van der Waals surface area contributed by atoms with Gasteiger partial charge in [-0.05, 0) is 0 Å². The van der Waals surface area contributed by atoms with Crippen LogP contribution in [0, 0.1) is 0 Å². The summed E-state index contributed by atoms with van der Waals surface area (Å²) < 4.78 is 2.90. The molecule has 0 bridgehead atoms. The molecule has 57 heavy (non-hydrogen) atoms. The van der Waals surface area contributed by atoms with Crippen molar-refractivity contribution in [2.45, 2.75) is 0 Å². The minimum atomic E-state index is 0.203. The molecule has 0 unspecified atom stereocenters. The van der Waals surface area contributed by atoms with E-state index in [1.165, 1.54) is 118 Å². The molecule has 1 heteroatoms. The van der Waals surface area contributed by atoms with E-state index in [1.54, 1.807) is 0 Å². The van der Waals surface area contributed by atoms with E-state index in [9.17, 15) is 0 Å². The molecule has 0 nitrogen and oxygen atoms in total. The van der Waals surface area contributed by atoms with Crippen molar-refractivity contribution < 1.29 is 0 Å². The van der Waals surface area contributed by atoms with Gasteiger partial charge in [0.15, 0.2) is 0 Å². The maximum absolute atomic E-state index is 2.51. The zero-order valence-corrected chi connectivity index (χ0v) is 32.8. The number of rotatable bonds is 4. The number of benzene rings is 11. The van der Waals surface area contributed by atoms with Gasteiger partial charge in [0.2, 0.25) is 0 Å². The summed E-state index contributed by atoms with van der Waals surface area (Å²) in [7, 11) is 0. The first kappa shape index (κ1) is 32.5. The molecule has 264 valence electrons. The van der Waals surface area contributed by atoms with Crippen LogP contribution in [0.25, 0.3) is 118 Å². The molecule has 12 aromatic rings. The van der Waals surface area contributed by atoms with Crippen LogP contribution in [0.4, 0.5) is 0 Å². The van der Waals surface area contributed by atoms with Crippen molar-refractivity contribution in [1.82, 2.24) is 0 Å². The van der Waals surface area contributed by atoms with Crippen LogP contribution in [0.1, 0.15) is 0 Å². The van der Waals surface area contributed by atoms with Gasteiger partial charge in [-0.15, -0.1) is 0 Å². The molecule has 0 atom stereocenters. The first-order valence-corrected chi connectivity index (χ1v) is 21.4. The Labute approximate surface area is 336 Å². The summed E-state index contributed by atoms with van der Waals surface area (Å²) in [5, 5.41) is 15.6. The van der Waals surface area contributed by atoms with Gasteiger partial charge in [-0.1, -0.05) is 0 Å². The maximum atomic E-state index is 2.51. The average Bonchev–Trinajstić information content (AvgIpc) is 3.66. The van der Waals surface area contributed by atoms with Gasteiger partial charge in [-0.25, -0.2) is 0 Å². The molecule has 0 spiro atoms. The normalized spacial score (nSPS) is 11.9. The Hall–Kier alpha value is -6.76. The van der Waals surface area contributed by atoms with E-state index in [0.29, 0.717) is 0 Å². The predicted molar refractivity (Wildman–Crippen MR) is 248 cm³/mol. The monoisotopic (exact) mass is 786 g/mol. The van der Waals surface area contributed by atoms with Crippen molar-refractivity contribution in [1.29, 1.82) is 0 Å². The van der Waals surface area contributed by atoms with Crippen LogP contribution < -0.4 is 0 Å². The van der Waals surface area contributed by atoms with Crippen LogP contribution in [0.3, 0.4) is 0 Å². The van der Waals surface area contributed by atoms with Crippen LogP contribution in [0.2, 0.25) is 0 Å². The molecule has 0 amide bonds. The topological polar surface area (TPSA) is 0 Å². The zero-order chi connectivity index (χ0) is 37.5. The molecule has 0 saturated heterocycles. The molecule has 0 N–H and O–H groups in total. The molecule has 0 aliphatic rings. The summed E-state index contributed by atoms with van der Waals surface area (Å²) in [5.74, 6) is 0. The van der Waals surface area contributed by atoms with Crippen molar-refractivity contribution in [2.75, 3.05) is 0 Å². The Balaban J connectivity index is 1.16. The van der Waals surface area contributed by atoms with Gasteiger partial charge in [-0.2, -0.15) is 0 Å². The van der Waals surface area contributed by atoms with Crippen LogP contribution in [0.5, 0.6) is 0 Å². The van der Waals surface area contributed by atoms with Crippen molar-refractivity contribution in [2.24, 2.45) is 0 Å².